The van der Waals surface area contributed by atoms with Crippen LogP contribution >= 0.6 is 0 Å². The molecule has 114 valence electrons. The van der Waals surface area contributed by atoms with E-state index < -0.39 is 0 Å². The molecule has 0 saturated carbocycles. The smallest absolute Gasteiger partial charge is 0.123 e. The Hall–Kier alpha value is -1.39. The van der Waals surface area contributed by atoms with Gasteiger partial charge in [-0.1, -0.05) is 19.1 Å². The highest BCUT2D eigenvalue weighted by atomic mass is 16.5. The molecule has 2 aromatic rings. The molecule has 1 aromatic carbocycles. The third kappa shape index (κ3) is 3.11. The van der Waals surface area contributed by atoms with E-state index in [-0.39, 0.29) is 0 Å². The minimum absolute atomic E-state index is 0.362. The average molecular weight is 287 g/mol. The zero-order chi connectivity index (χ0) is 14.7. The van der Waals surface area contributed by atoms with E-state index in [0.717, 1.165) is 57.0 Å². The summed E-state index contributed by atoms with van der Waals surface area (Å²) in [6, 6.07) is 8.37. The third-order valence-electron chi connectivity index (χ3n) is 4.58. The molecule has 3 rings (SSSR count). The van der Waals surface area contributed by atoms with Gasteiger partial charge < -0.3 is 14.6 Å². The van der Waals surface area contributed by atoms with E-state index in [1.54, 1.807) is 0 Å². The first-order chi connectivity index (χ1) is 10.2. The molecular weight excluding hydrogens is 262 g/mol. The highest BCUT2D eigenvalue weighted by molar-refractivity contribution is 5.75. The van der Waals surface area contributed by atoms with Crippen LogP contribution in [0.3, 0.4) is 0 Å². The molecule has 0 bridgehead atoms. The summed E-state index contributed by atoms with van der Waals surface area (Å²) in [5.74, 6) is 1.13. The Labute approximate surface area is 126 Å². The van der Waals surface area contributed by atoms with Crippen molar-refractivity contribution in [3.63, 3.8) is 0 Å². The lowest BCUT2D eigenvalue weighted by molar-refractivity contribution is 0.0239. The van der Waals surface area contributed by atoms with Crippen molar-refractivity contribution in [2.45, 2.75) is 39.8 Å². The van der Waals surface area contributed by atoms with Gasteiger partial charge in [-0.15, -0.1) is 0 Å². The van der Waals surface area contributed by atoms with Crippen LogP contribution in [0.2, 0.25) is 0 Å². The first-order valence-electron chi connectivity index (χ1n) is 7.94. The summed E-state index contributed by atoms with van der Waals surface area (Å²) in [5, 5.41) is 3.61. The summed E-state index contributed by atoms with van der Waals surface area (Å²) in [7, 11) is 0. The first kappa shape index (κ1) is 14.5. The van der Waals surface area contributed by atoms with Crippen molar-refractivity contribution >= 4 is 11.0 Å². The van der Waals surface area contributed by atoms with Crippen molar-refractivity contribution in [3.8, 4) is 0 Å². The number of imidazole rings is 1. The van der Waals surface area contributed by atoms with Gasteiger partial charge in [-0.2, -0.15) is 0 Å². The highest BCUT2D eigenvalue weighted by Crippen LogP contribution is 2.28. The van der Waals surface area contributed by atoms with Gasteiger partial charge in [-0.3, -0.25) is 0 Å². The van der Waals surface area contributed by atoms with Crippen molar-refractivity contribution in [1.82, 2.24) is 14.9 Å². The summed E-state index contributed by atoms with van der Waals surface area (Å²) in [5.41, 5.74) is 2.68. The minimum Gasteiger partial charge on any atom is -0.381 e. The molecule has 0 atom stereocenters. The van der Waals surface area contributed by atoms with Crippen LogP contribution in [0.25, 0.3) is 11.0 Å². The highest BCUT2D eigenvalue weighted by Gasteiger charge is 2.26. The molecule has 0 radical (unpaired) electrons. The Kier molecular flexibility index (Phi) is 4.27. The SMILES string of the molecule is CCn1c(CNCC2(C)CCOCC2)nc2ccccc21. The maximum Gasteiger partial charge on any atom is 0.123 e. The molecule has 0 unspecified atom stereocenters. The van der Waals surface area contributed by atoms with Gasteiger partial charge in [0.05, 0.1) is 17.6 Å². The minimum atomic E-state index is 0.362. The molecule has 1 N–H and O–H groups in total. The predicted octanol–water partition coefficient (Wildman–Crippen LogP) is 2.96. The molecule has 2 heterocycles. The fourth-order valence-corrected chi connectivity index (χ4v) is 3.13. The Morgan fingerprint density at radius 3 is 2.81 bits per heavy atom. The number of aryl methyl sites for hydroxylation is 1. The second kappa shape index (κ2) is 6.16. The van der Waals surface area contributed by atoms with Gasteiger partial charge in [0.25, 0.3) is 0 Å². The van der Waals surface area contributed by atoms with Gasteiger partial charge in [-0.05, 0) is 37.3 Å². The largest absolute Gasteiger partial charge is 0.381 e. The molecule has 0 aliphatic carbocycles. The molecule has 0 amide bonds. The van der Waals surface area contributed by atoms with Crippen LogP contribution < -0.4 is 5.32 Å². The molecule has 1 fully saturated rings. The maximum atomic E-state index is 5.46. The van der Waals surface area contributed by atoms with Gasteiger partial charge in [-0.25, -0.2) is 4.98 Å². The molecular formula is C17H25N3O. The van der Waals surface area contributed by atoms with E-state index >= 15 is 0 Å². The molecule has 1 aromatic heterocycles. The van der Waals surface area contributed by atoms with Gasteiger partial charge in [0.1, 0.15) is 5.82 Å². The van der Waals surface area contributed by atoms with Crippen molar-refractivity contribution in [1.29, 1.82) is 0 Å². The number of ether oxygens (including phenoxy) is 1. The topological polar surface area (TPSA) is 39.1 Å². The lowest BCUT2D eigenvalue weighted by atomic mass is 9.82. The lowest BCUT2D eigenvalue weighted by Crippen LogP contribution is -2.36. The first-order valence-corrected chi connectivity index (χ1v) is 7.94. The maximum absolute atomic E-state index is 5.46. The van der Waals surface area contributed by atoms with E-state index in [2.05, 4.69) is 48.0 Å². The zero-order valence-electron chi connectivity index (χ0n) is 13.1. The Balaban J connectivity index is 1.67. The van der Waals surface area contributed by atoms with Crippen LogP contribution in [0.5, 0.6) is 0 Å². The standard InChI is InChI=1S/C17H25N3O/c1-3-20-15-7-5-4-6-14(15)19-16(20)12-18-13-17(2)8-10-21-11-9-17/h4-7,18H,3,8-13H2,1-2H3. The van der Waals surface area contributed by atoms with Crippen LogP contribution in [0.1, 0.15) is 32.5 Å². The fourth-order valence-electron chi connectivity index (χ4n) is 3.13. The van der Waals surface area contributed by atoms with E-state index in [4.69, 9.17) is 9.72 Å². The number of nitrogens with zero attached hydrogens (tertiary/aromatic N) is 2. The molecule has 4 heteroatoms. The summed E-state index contributed by atoms with van der Waals surface area (Å²) < 4.78 is 7.76. The second-order valence-electron chi connectivity index (χ2n) is 6.29. The van der Waals surface area contributed by atoms with Crippen LogP contribution in [0.4, 0.5) is 0 Å². The number of hydrogen-bond donors (Lipinski definition) is 1. The van der Waals surface area contributed by atoms with Crippen molar-refractivity contribution < 1.29 is 4.74 Å². The Morgan fingerprint density at radius 1 is 1.29 bits per heavy atom. The summed E-state index contributed by atoms with van der Waals surface area (Å²) in [6.45, 7) is 9.14. The van der Waals surface area contributed by atoms with Gasteiger partial charge in [0, 0.05) is 26.3 Å². The van der Waals surface area contributed by atoms with Gasteiger partial charge in [0.2, 0.25) is 0 Å². The van der Waals surface area contributed by atoms with E-state index in [0.29, 0.717) is 5.41 Å². The van der Waals surface area contributed by atoms with Crippen LogP contribution in [-0.2, 0) is 17.8 Å². The quantitative estimate of drug-likeness (QED) is 0.919. The summed E-state index contributed by atoms with van der Waals surface area (Å²) in [6.07, 6.45) is 2.29. The number of para-hydroxylation sites is 2. The second-order valence-corrected chi connectivity index (χ2v) is 6.29. The number of nitrogens with one attached hydrogen (secondary N) is 1. The summed E-state index contributed by atoms with van der Waals surface area (Å²) in [4.78, 5) is 4.76. The van der Waals surface area contributed by atoms with E-state index in [1.165, 1.54) is 5.52 Å². The molecule has 1 saturated heterocycles. The predicted molar refractivity (Wildman–Crippen MR) is 85.3 cm³/mol. The van der Waals surface area contributed by atoms with Crippen LogP contribution in [0.15, 0.2) is 24.3 Å². The zero-order valence-corrected chi connectivity index (χ0v) is 13.1. The van der Waals surface area contributed by atoms with E-state index in [9.17, 15) is 0 Å². The molecule has 1 aliphatic heterocycles. The Bertz CT molecular complexity index is 599. The molecule has 0 spiro atoms. The number of fused-ring (bicyclic) bond motifs is 1. The van der Waals surface area contributed by atoms with Crippen molar-refractivity contribution in [2.24, 2.45) is 5.41 Å². The average Bonchev–Trinajstić information content (AvgIpc) is 2.85. The van der Waals surface area contributed by atoms with E-state index in [1.807, 2.05) is 0 Å². The lowest BCUT2D eigenvalue weighted by Gasteiger charge is -2.33. The summed E-state index contributed by atoms with van der Waals surface area (Å²) >= 11 is 0. The van der Waals surface area contributed by atoms with Crippen molar-refractivity contribution in [3.05, 3.63) is 30.1 Å². The number of aromatic nitrogens is 2. The van der Waals surface area contributed by atoms with Gasteiger partial charge in [0.15, 0.2) is 0 Å². The normalized spacial score (nSPS) is 18.2. The fraction of sp³-hybridized carbons (Fsp3) is 0.588. The third-order valence-corrected chi connectivity index (χ3v) is 4.58. The number of hydrogen-bond acceptors (Lipinski definition) is 3. The molecule has 21 heavy (non-hydrogen) atoms. The molecule has 1 aliphatic rings. The Morgan fingerprint density at radius 2 is 2.05 bits per heavy atom. The van der Waals surface area contributed by atoms with Crippen molar-refractivity contribution in [2.75, 3.05) is 19.8 Å². The number of rotatable bonds is 5. The van der Waals surface area contributed by atoms with Gasteiger partial charge >= 0.3 is 0 Å². The monoisotopic (exact) mass is 287 g/mol. The molecule has 4 nitrogen and oxygen atoms in total. The van der Waals surface area contributed by atoms with Crippen LogP contribution in [-0.4, -0.2) is 29.3 Å². The van der Waals surface area contributed by atoms with Crippen LogP contribution in [0, 0.1) is 5.41 Å². The number of benzene rings is 1.